The second-order valence-corrected chi connectivity index (χ2v) is 4.93. The van der Waals surface area contributed by atoms with Gasteiger partial charge in [0.2, 0.25) is 5.91 Å². The molecule has 1 aromatic carbocycles. The number of amides is 1. The Hall–Kier alpha value is -1.82. The van der Waals surface area contributed by atoms with Crippen molar-refractivity contribution in [1.29, 1.82) is 5.26 Å². The van der Waals surface area contributed by atoms with E-state index in [-0.39, 0.29) is 5.91 Å². The molecule has 0 aliphatic heterocycles. The molecule has 0 atom stereocenters. The highest BCUT2D eigenvalue weighted by Crippen LogP contribution is 2.28. The van der Waals surface area contributed by atoms with Crippen LogP contribution in [0, 0.1) is 17.2 Å². The minimum absolute atomic E-state index is 0.0756. The lowest BCUT2D eigenvalue weighted by atomic mass is 10.0. The quantitative estimate of drug-likeness (QED) is 0.879. The summed E-state index contributed by atoms with van der Waals surface area (Å²) in [7, 11) is 0. The molecule has 94 valence electrons. The van der Waals surface area contributed by atoms with Gasteiger partial charge in [0.1, 0.15) is 0 Å². The molecule has 0 bridgehead atoms. The molecule has 0 radical (unpaired) electrons. The van der Waals surface area contributed by atoms with Gasteiger partial charge in [-0.05, 0) is 36.6 Å². The molecule has 0 saturated heterocycles. The summed E-state index contributed by atoms with van der Waals surface area (Å²) in [5.74, 6) is 0.823. The van der Waals surface area contributed by atoms with Gasteiger partial charge >= 0.3 is 0 Å². The standard InChI is InChI=1S/C15H18N2O/c16-11-13-5-8-14(9-6-13)17-15(18)10-7-12-3-1-2-4-12/h5-6,8-9,12H,1-4,7,10H2,(H,17,18). The lowest BCUT2D eigenvalue weighted by Crippen LogP contribution is -2.12. The van der Waals surface area contributed by atoms with Gasteiger partial charge in [0.25, 0.3) is 0 Å². The summed E-state index contributed by atoms with van der Waals surface area (Å²) >= 11 is 0. The van der Waals surface area contributed by atoms with Crippen molar-refractivity contribution in [3.63, 3.8) is 0 Å². The van der Waals surface area contributed by atoms with E-state index in [0.717, 1.165) is 18.0 Å². The maximum absolute atomic E-state index is 11.7. The number of anilines is 1. The van der Waals surface area contributed by atoms with E-state index < -0.39 is 0 Å². The van der Waals surface area contributed by atoms with E-state index in [1.807, 2.05) is 0 Å². The van der Waals surface area contributed by atoms with E-state index >= 15 is 0 Å². The van der Waals surface area contributed by atoms with Crippen molar-refractivity contribution in [3.8, 4) is 6.07 Å². The summed E-state index contributed by atoms with van der Waals surface area (Å²) in [6.45, 7) is 0. The number of hydrogen-bond donors (Lipinski definition) is 1. The average molecular weight is 242 g/mol. The predicted molar refractivity (Wildman–Crippen MR) is 71.0 cm³/mol. The Bertz CT molecular complexity index is 439. The van der Waals surface area contributed by atoms with Crippen molar-refractivity contribution in [1.82, 2.24) is 0 Å². The Morgan fingerprint density at radius 3 is 2.56 bits per heavy atom. The number of carbonyl (C=O) groups excluding carboxylic acids is 1. The Kier molecular flexibility index (Phi) is 4.35. The Morgan fingerprint density at radius 2 is 1.94 bits per heavy atom. The summed E-state index contributed by atoms with van der Waals surface area (Å²) in [6.07, 6.45) is 6.81. The van der Waals surface area contributed by atoms with Gasteiger partial charge < -0.3 is 5.32 Å². The van der Waals surface area contributed by atoms with Gasteiger partial charge in [-0.15, -0.1) is 0 Å². The molecule has 0 spiro atoms. The molecule has 1 aliphatic rings. The van der Waals surface area contributed by atoms with E-state index in [1.165, 1.54) is 25.7 Å². The van der Waals surface area contributed by atoms with Crippen molar-refractivity contribution < 1.29 is 4.79 Å². The van der Waals surface area contributed by atoms with Crippen molar-refractivity contribution in [3.05, 3.63) is 29.8 Å². The van der Waals surface area contributed by atoms with E-state index in [9.17, 15) is 4.79 Å². The number of nitrogens with one attached hydrogen (secondary N) is 1. The fourth-order valence-electron chi connectivity index (χ4n) is 2.49. The van der Waals surface area contributed by atoms with E-state index in [1.54, 1.807) is 24.3 Å². The normalized spacial score (nSPS) is 15.3. The molecule has 18 heavy (non-hydrogen) atoms. The molecule has 3 heteroatoms. The molecule has 3 nitrogen and oxygen atoms in total. The summed E-state index contributed by atoms with van der Waals surface area (Å²) in [4.78, 5) is 11.7. The first-order chi connectivity index (χ1) is 8.78. The first-order valence-electron chi connectivity index (χ1n) is 6.58. The average Bonchev–Trinajstić information content (AvgIpc) is 2.90. The van der Waals surface area contributed by atoms with E-state index in [2.05, 4.69) is 11.4 Å². The molecule has 1 aliphatic carbocycles. The second-order valence-electron chi connectivity index (χ2n) is 4.93. The third kappa shape index (κ3) is 3.59. The van der Waals surface area contributed by atoms with Gasteiger partial charge in [0.05, 0.1) is 11.6 Å². The van der Waals surface area contributed by atoms with Crippen LogP contribution in [0.4, 0.5) is 5.69 Å². The molecule has 0 aromatic heterocycles. The molecule has 1 N–H and O–H groups in total. The van der Waals surface area contributed by atoms with Crippen LogP contribution >= 0.6 is 0 Å². The highest BCUT2D eigenvalue weighted by atomic mass is 16.1. The SMILES string of the molecule is N#Cc1ccc(NC(=O)CCC2CCCC2)cc1. The van der Waals surface area contributed by atoms with Crippen LogP contribution in [0.5, 0.6) is 0 Å². The molecule has 1 amide bonds. The number of nitrogens with zero attached hydrogens (tertiary/aromatic N) is 1. The van der Waals surface area contributed by atoms with Crippen molar-refractivity contribution in [2.45, 2.75) is 38.5 Å². The Morgan fingerprint density at radius 1 is 1.28 bits per heavy atom. The molecule has 2 rings (SSSR count). The van der Waals surface area contributed by atoms with Crippen LogP contribution in [0.1, 0.15) is 44.1 Å². The minimum atomic E-state index is 0.0756. The third-order valence-electron chi connectivity index (χ3n) is 3.55. The fraction of sp³-hybridized carbons (Fsp3) is 0.467. The van der Waals surface area contributed by atoms with Crippen LogP contribution < -0.4 is 5.32 Å². The molecule has 1 fully saturated rings. The third-order valence-corrected chi connectivity index (χ3v) is 3.55. The maximum atomic E-state index is 11.7. The van der Waals surface area contributed by atoms with Crippen LogP contribution in [0.3, 0.4) is 0 Å². The van der Waals surface area contributed by atoms with Crippen LogP contribution in [-0.2, 0) is 4.79 Å². The Balaban J connectivity index is 1.77. The molecule has 0 unspecified atom stereocenters. The fourth-order valence-corrected chi connectivity index (χ4v) is 2.49. The first-order valence-corrected chi connectivity index (χ1v) is 6.58. The molecular formula is C15H18N2O. The van der Waals surface area contributed by atoms with E-state index in [0.29, 0.717) is 12.0 Å². The zero-order chi connectivity index (χ0) is 12.8. The van der Waals surface area contributed by atoms with Gasteiger partial charge in [-0.1, -0.05) is 25.7 Å². The molecule has 0 heterocycles. The van der Waals surface area contributed by atoms with Crippen LogP contribution in [0.15, 0.2) is 24.3 Å². The summed E-state index contributed by atoms with van der Waals surface area (Å²) in [5.41, 5.74) is 1.38. The van der Waals surface area contributed by atoms with Crippen molar-refractivity contribution in [2.24, 2.45) is 5.92 Å². The second kappa shape index (κ2) is 6.20. The zero-order valence-electron chi connectivity index (χ0n) is 10.5. The predicted octanol–water partition coefficient (Wildman–Crippen LogP) is 3.47. The zero-order valence-corrected chi connectivity index (χ0v) is 10.5. The number of benzene rings is 1. The lowest BCUT2D eigenvalue weighted by Gasteiger charge is -2.09. The van der Waals surface area contributed by atoms with Crippen LogP contribution in [0.25, 0.3) is 0 Å². The summed E-state index contributed by atoms with van der Waals surface area (Å²) in [6, 6.07) is 9.03. The molecule has 1 saturated carbocycles. The van der Waals surface area contributed by atoms with Gasteiger partial charge in [0, 0.05) is 12.1 Å². The van der Waals surface area contributed by atoms with Crippen molar-refractivity contribution in [2.75, 3.05) is 5.32 Å². The van der Waals surface area contributed by atoms with Crippen LogP contribution in [-0.4, -0.2) is 5.91 Å². The van der Waals surface area contributed by atoms with Crippen LogP contribution in [0.2, 0.25) is 0 Å². The topological polar surface area (TPSA) is 52.9 Å². The lowest BCUT2D eigenvalue weighted by molar-refractivity contribution is -0.116. The minimum Gasteiger partial charge on any atom is -0.326 e. The highest BCUT2D eigenvalue weighted by Gasteiger charge is 2.16. The Labute approximate surface area is 108 Å². The summed E-state index contributed by atoms with van der Waals surface area (Å²) < 4.78 is 0. The van der Waals surface area contributed by atoms with Gasteiger partial charge in [-0.2, -0.15) is 5.26 Å². The number of carbonyl (C=O) groups is 1. The maximum Gasteiger partial charge on any atom is 0.224 e. The van der Waals surface area contributed by atoms with Gasteiger partial charge in [-0.3, -0.25) is 4.79 Å². The van der Waals surface area contributed by atoms with E-state index in [4.69, 9.17) is 5.26 Å². The number of nitriles is 1. The van der Waals surface area contributed by atoms with Gasteiger partial charge in [-0.25, -0.2) is 0 Å². The van der Waals surface area contributed by atoms with Gasteiger partial charge in [0.15, 0.2) is 0 Å². The molecule has 1 aromatic rings. The first kappa shape index (κ1) is 12.6. The highest BCUT2D eigenvalue weighted by molar-refractivity contribution is 5.90. The molecular weight excluding hydrogens is 224 g/mol. The number of rotatable bonds is 4. The largest absolute Gasteiger partial charge is 0.326 e. The van der Waals surface area contributed by atoms with Crippen molar-refractivity contribution >= 4 is 11.6 Å². The monoisotopic (exact) mass is 242 g/mol. The smallest absolute Gasteiger partial charge is 0.224 e. The summed E-state index contributed by atoms with van der Waals surface area (Å²) in [5, 5.41) is 11.5. The number of hydrogen-bond acceptors (Lipinski definition) is 2.